The third kappa shape index (κ3) is 4.21. The maximum Gasteiger partial charge on any atom is 0.0234 e. The number of nitrogens with zero attached hydrogens (tertiary/aromatic N) is 1. The van der Waals surface area contributed by atoms with E-state index in [0.717, 1.165) is 30.5 Å². The molecule has 0 spiro atoms. The maximum absolute atomic E-state index is 3.60. The largest absolute Gasteiger partial charge is 0.298 e. The van der Waals surface area contributed by atoms with Gasteiger partial charge in [0.2, 0.25) is 0 Å². The Kier molecular flexibility index (Phi) is 5.70. The van der Waals surface area contributed by atoms with E-state index >= 15 is 0 Å². The lowest BCUT2D eigenvalue weighted by atomic mass is 9.84. The maximum atomic E-state index is 3.60. The van der Waals surface area contributed by atoms with Gasteiger partial charge in [-0.05, 0) is 51.9 Å². The first-order valence-electron chi connectivity index (χ1n) is 10.7. The minimum absolute atomic E-state index is 0.556. The summed E-state index contributed by atoms with van der Waals surface area (Å²) in [6.45, 7) is 3.28. The number of hydrogen-bond acceptors (Lipinski definition) is 1. The van der Waals surface area contributed by atoms with E-state index in [2.05, 4.69) is 118 Å². The van der Waals surface area contributed by atoms with E-state index in [4.69, 9.17) is 0 Å². The van der Waals surface area contributed by atoms with Crippen LogP contribution in [0.15, 0.2) is 102 Å². The van der Waals surface area contributed by atoms with Crippen molar-refractivity contribution in [1.29, 1.82) is 0 Å². The van der Waals surface area contributed by atoms with Crippen LogP contribution in [-0.4, -0.2) is 18.0 Å². The van der Waals surface area contributed by atoms with Gasteiger partial charge in [-0.3, -0.25) is 4.90 Å². The van der Waals surface area contributed by atoms with Crippen LogP contribution in [0.2, 0.25) is 0 Å². The molecule has 0 N–H and O–H groups in total. The van der Waals surface area contributed by atoms with Gasteiger partial charge < -0.3 is 0 Å². The zero-order chi connectivity index (χ0) is 20.3. The van der Waals surface area contributed by atoms with Crippen LogP contribution in [-0.2, 0) is 13.0 Å². The van der Waals surface area contributed by atoms with Crippen molar-refractivity contribution in [3.05, 3.63) is 118 Å². The van der Waals surface area contributed by atoms with E-state index < -0.39 is 0 Å². The molecule has 2 atom stereocenters. The summed E-state index contributed by atoms with van der Waals surface area (Å²) in [5.74, 6) is 1.17. The Morgan fingerprint density at radius 2 is 1.47 bits per heavy atom. The second kappa shape index (κ2) is 8.75. The molecule has 0 saturated carbocycles. The molecule has 1 aliphatic heterocycles. The molecule has 1 fully saturated rings. The van der Waals surface area contributed by atoms with Gasteiger partial charge in [-0.2, -0.15) is 0 Å². The first kappa shape index (κ1) is 19.5. The lowest BCUT2D eigenvalue weighted by Gasteiger charge is -2.20. The highest BCUT2D eigenvalue weighted by Crippen LogP contribution is 2.37. The molecule has 1 heterocycles. The predicted molar refractivity (Wildman–Crippen MR) is 130 cm³/mol. The van der Waals surface area contributed by atoms with E-state index in [1.165, 1.54) is 27.5 Å². The topological polar surface area (TPSA) is 3.24 Å². The Morgan fingerprint density at radius 3 is 2.30 bits per heavy atom. The average Bonchev–Trinajstić information content (AvgIpc) is 3.17. The Morgan fingerprint density at radius 1 is 0.733 bits per heavy atom. The van der Waals surface area contributed by atoms with Crippen LogP contribution < -0.4 is 0 Å². The quantitative estimate of drug-likeness (QED) is 0.311. The monoisotopic (exact) mass is 455 g/mol. The fourth-order valence-corrected chi connectivity index (χ4v) is 5.24. The first-order valence-corrected chi connectivity index (χ1v) is 11.5. The smallest absolute Gasteiger partial charge is 0.0234 e. The second-order valence-electron chi connectivity index (χ2n) is 8.44. The Bertz CT molecular complexity index is 1110. The molecule has 0 aromatic heterocycles. The standard InChI is InChI=1S/C28H26BrN/c29-26-15-13-23(14-16-26)28-20-30(18-21-7-2-1-3-8-21)19-25(28)17-24-11-6-10-22-9-4-5-12-27(22)24/h1-16,25,28H,17-20H2/t25-,28+/m0/s1. The molecule has 1 aliphatic rings. The highest BCUT2D eigenvalue weighted by atomic mass is 79.9. The highest BCUT2D eigenvalue weighted by molar-refractivity contribution is 9.10. The van der Waals surface area contributed by atoms with Crippen LogP contribution in [0.1, 0.15) is 22.6 Å². The zero-order valence-corrected chi connectivity index (χ0v) is 18.6. The van der Waals surface area contributed by atoms with Crippen molar-refractivity contribution in [2.75, 3.05) is 13.1 Å². The van der Waals surface area contributed by atoms with Crippen LogP contribution in [0.5, 0.6) is 0 Å². The van der Waals surface area contributed by atoms with Crippen molar-refractivity contribution >= 4 is 26.7 Å². The fraction of sp³-hybridized carbons (Fsp3) is 0.214. The van der Waals surface area contributed by atoms with Crippen molar-refractivity contribution in [3.8, 4) is 0 Å². The summed E-state index contributed by atoms with van der Waals surface area (Å²) in [7, 11) is 0. The van der Waals surface area contributed by atoms with Crippen molar-refractivity contribution < 1.29 is 0 Å². The molecular formula is C28H26BrN. The summed E-state index contributed by atoms with van der Waals surface area (Å²) in [4.78, 5) is 2.64. The average molecular weight is 456 g/mol. The van der Waals surface area contributed by atoms with Crippen molar-refractivity contribution in [3.63, 3.8) is 0 Å². The van der Waals surface area contributed by atoms with Gasteiger partial charge in [0, 0.05) is 30.0 Å². The van der Waals surface area contributed by atoms with Crippen LogP contribution in [0, 0.1) is 5.92 Å². The molecule has 4 aromatic rings. The molecule has 0 aliphatic carbocycles. The molecule has 150 valence electrons. The summed E-state index contributed by atoms with van der Waals surface area (Å²) in [5, 5.41) is 2.74. The third-order valence-corrected chi connectivity index (χ3v) is 6.95. The molecule has 0 bridgehead atoms. The van der Waals surface area contributed by atoms with E-state index in [-0.39, 0.29) is 0 Å². The summed E-state index contributed by atoms with van der Waals surface area (Å²) in [5.41, 5.74) is 4.33. The summed E-state index contributed by atoms with van der Waals surface area (Å²) >= 11 is 3.60. The number of hydrogen-bond donors (Lipinski definition) is 0. The first-order chi connectivity index (χ1) is 14.8. The summed E-state index contributed by atoms with van der Waals surface area (Å²) in [6, 6.07) is 35.4. The van der Waals surface area contributed by atoms with Crippen LogP contribution >= 0.6 is 15.9 Å². The third-order valence-electron chi connectivity index (χ3n) is 6.43. The van der Waals surface area contributed by atoms with Crippen molar-refractivity contribution in [2.24, 2.45) is 5.92 Å². The molecule has 5 rings (SSSR count). The normalized spacial score (nSPS) is 19.4. The Labute approximate surface area is 187 Å². The van der Waals surface area contributed by atoms with E-state index in [1.54, 1.807) is 0 Å². The predicted octanol–water partition coefficient (Wildman–Crippen LogP) is 7.06. The molecule has 1 nitrogen and oxygen atoms in total. The van der Waals surface area contributed by atoms with Gasteiger partial charge in [0.25, 0.3) is 0 Å². The van der Waals surface area contributed by atoms with Gasteiger partial charge in [0.05, 0.1) is 0 Å². The Hall–Kier alpha value is -2.42. The molecule has 0 radical (unpaired) electrons. The lowest BCUT2D eigenvalue weighted by Crippen LogP contribution is -2.20. The number of halogens is 1. The molecule has 0 unspecified atom stereocenters. The minimum Gasteiger partial charge on any atom is -0.298 e. The van der Waals surface area contributed by atoms with E-state index in [9.17, 15) is 0 Å². The lowest BCUT2D eigenvalue weighted by molar-refractivity contribution is 0.315. The highest BCUT2D eigenvalue weighted by Gasteiger charge is 2.34. The van der Waals surface area contributed by atoms with Crippen LogP contribution in [0.25, 0.3) is 10.8 Å². The van der Waals surface area contributed by atoms with Crippen LogP contribution in [0.3, 0.4) is 0 Å². The number of fused-ring (bicyclic) bond motifs is 1. The molecule has 0 amide bonds. The zero-order valence-electron chi connectivity index (χ0n) is 17.0. The minimum atomic E-state index is 0.556. The van der Waals surface area contributed by atoms with Crippen molar-refractivity contribution in [1.82, 2.24) is 4.90 Å². The fourth-order valence-electron chi connectivity index (χ4n) is 4.98. The summed E-state index contributed by atoms with van der Waals surface area (Å²) < 4.78 is 1.15. The molecular weight excluding hydrogens is 430 g/mol. The van der Waals surface area contributed by atoms with Gasteiger partial charge in [-0.15, -0.1) is 0 Å². The number of likely N-dealkylation sites (tertiary alicyclic amines) is 1. The van der Waals surface area contributed by atoms with E-state index in [1.807, 2.05) is 0 Å². The molecule has 2 heteroatoms. The van der Waals surface area contributed by atoms with Gasteiger partial charge in [-0.1, -0.05) is 101 Å². The van der Waals surface area contributed by atoms with Crippen molar-refractivity contribution in [2.45, 2.75) is 18.9 Å². The Balaban J connectivity index is 1.44. The van der Waals surface area contributed by atoms with Gasteiger partial charge in [0.15, 0.2) is 0 Å². The molecule has 1 saturated heterocycles. The van der Waals surface area contributed by atoms with E-state index in [0.29, 0.717) is 11.8 Å². The summed E-state index contributed by atoms with van der Waals surface area (Å²) in [6.07, 6.45) is 1.12. The SMILES string of the molecule is Brc1ccc([C@H]2CN(Cc3ccccc3)C[C@@H]2Cc2cccc3ccccc23)cc1. The van der Waals surface area contributed by atoms with Gasteiger partial charge >= 0.3 is 0 Å². The molecule has 4 aromatic carbocycles. The second-order valence-corrected chi connectivity index (χ2v) is 9.36. The van der Waals surface area contributed by atoms with Gasteiger partial charge in [-0.25, -0.2) is 0 Å². The molecule has 30 heavy (non-hydrogen) atoms. The number of rotatable bonds is 5. The number of benzene rings is 4. The van der Waals surface area contributed by atoms with Gasteiger partial charge in [0.1, 0.15) is 0 Å². The van der Waals surface area contributed by atoms with Crippen LogP contribution in [0.4, 0.5) is 0 Å².